The van der Waals surface area contributed by atoms with Crippen LogP contribution in [0.15, 0.2) is 189 Å². The number of benzene rings is 5. The number of methoxy groups -OCH3 is 3. The molecule has 118 heavy (non-hydrogen) atoms. The van der Waals surface area contributed by atoms with Crippen LogP contribution in [0.5, 0.6) is 29.4 Å². The van der Waals surface area contributed by atoms with Gasteiger partial charge >= 0.3 is 11.7 Å². The van der Waals surface area contributed by atoms with Crippen molar-refractivity contribution in [3.63, 3.8) is 0 Å². The number of carbonyl (C=O) groups is 1. The highest BCUT2D eigenvalue weighted by Crippen LogP contribution is 2.41. The van der Waals surface area contributed by atoms with Crippen molar-refractivity contribution in [2.24, 2.45) is 0 Å². The fraction of sp³-hybridized carbons (Fsp3) is 0.230. The van der Waals surface area contributed by atoms with Gasteiger partial charge in [0.05, 0.1) is 112 Å². The van der Waals surface area contributed by atoms with E-state index in [1.807, 2.05) is 179 Å². The molecular formula is C87H86Cl5N13O13. The van der Waals surface area contributed by atoms with E-state index in [1.54, 1.807) is 53.5 Å². The highest BCUT2D eigenvalue weighted by molar-refractivity contribution is 6.36. The molecule has 3 N–H and O–H groups in total. The van der Waals surface area contributed by atoms with Gasteiger partial charge in [-0.2, -0.15) is 10.2 Å². The molecule has 0 fully saturated rings. The van der Waals surface area contributed by atoms with Gasteiger partial charge in [0.1, 0.15) is 43.2 Å². The van der Waals surface area contributed by atoms with Crippen LogP contribution in [0.1, 0.15) is 102 Å². The largest absolute Gasteiger partial charge is 0.481 e. The van der Waals surface area contributed by atoms with Crippen LogP contribution in [-0.2, 0) is 78.4 Å². The molecule has 0 radical (unpaired) electrons. The monoisotopic (exact) mass is 1700 g/mol. The predicted molar refractivity (Wildman–Crippen MR) is 457 cm³/mol. The molecule has 8 aromatic heterocycles. The lowest BCUT2D eigenvalue weighted by Gasteiger charge is -2.13. The van der Waals surface area contributed by atoms with E-state index in [1.165, 1.54) is 13.2 Å². The Balaban J connectivity index is 0.000000195. The van der Waals surface area contributed by atoms with Crippen molar-refractivity contribution in [3.05, 3.63) is 337 Å². The molecule has 0 aliphatic heterocycles. The number of esters is 1. The molecule has 0 saturated heterocycles. The molecule has 8 heterocycles. The summed E-state index contributed by atoms with van der Waals surface area (Å²) in [6.45, 7) is 36.1. The first-order chi connectivity index (χ1) is 57.1. The number of pyridine rings is 6. The number of nitrogens with zero attached hydrogens (tertiary/aromatic N) is 11. The van der Waals surface area contributed by atoms with E-state index < -0.39 is 10.9 Å². The van der Waals surface area contributed by atoms with Crippen LogP contribution in [0.2, 0.25) is 25.2 Å². The molecule has 0 saturated carbocycles. The van der Waals surface area contributed by atoms with Crippen molar-refractivity contribution < 1.29 is 57.5 Å². The number of rotatable bonds is 25. The van der Waals surface area contributed by atoms with Crippen LogP contribution in [0.4, 0.5) is 17.1 Å². The Labute approximate surface area is 708 Å². The zero-order valence-electron chi connectivity index (χ0n) is 66.4. The first kappa shape index (κ1) is 93.0. The minimum absolute atomic E-state index is 0.00223. The highest BCUT2D eigenvalue weighted by Gasteiger charge is 2.28. The lowest BCUT2D eigenvalue weighted by atomic mass is 10.1. The normalized spacial score (nSPS) is 10.3. The number of halogens is 5. The molecule has 0 amide bonds. The Morgan fingerprint density at radius 1 is 0.466 bits per heavy atom. The summed E-state index contributed by atoms with van der Waals surface area (Å²) >= 11 is 30.1. The van der Waals surface area contributed by atoms with Crippen molar-refractivity contribution in [1.82, 2.24) is 50.3 Å². The number of hydrogen-bond acceptors (Lipinski definition) is 21. The average molecular weight is 1700 g/mol. The lowest BCUT2D eigenvalue weighted by molar-refractivity contribution is -0.386. The molecule has 612 valence electrons. The van der Waals surface area contributed by atoms with E-state index in [0.717, 1.165) is 72.3 Å². The SMILES string of the molecule is C=C.CCOC(=O)c1c(Cl)cc(Cl)nc1C.COCc1c(C)nc(OCc2ccccc2)c([N+](=O)[O-])c1Cl.COCc1c(Cl)cc(OCc2ccccc2)nc1C.Cc1nc(OCc2ccccc2)c(CO)c2[nH]ncc12.[C-]#[N+]c1c(OCc2ccccc2)nc(C)c(COC)c1Cl.[C-]#[N+]c1c(OCc2ccccc2)nc(C)c2cn[nH]c12. The number of ether oxygens (including phenoxy) is 9. The number of aliphatic hydroxyl groups excluding tert-OH is 1. The molecule has 26 nitrogen and oxygen atoms in total. The van der Waals surface area contributed by atoms with Gasteiger partial charge in [-0.05, 0) is 82.3 Å². The summed E-state index contributed by atoms with van der Waals surface area (Å²) < 4.78 is 48.3. The van der Waals surface area contributed by atoms with Crippen LogP contribution in [0, 0.1) is 64.8 Å². The molecule has 0 aliphatic carbocycles. The third-order valence-electron chi connectivity index (χ3n) is 16.7. The maximum absolute atomic E-state index is 11.4. The van der Waals surface area contributed by atoms with Crippen molar-refractivity contribution in [2.75, 3.05) is 27.9 Å². The van der Waals surface area contributed by atoms with Gasteiger partial charge in [0, 0.05) is 77.6 Å². The Hall–Kier alpha value is -12.2. The first-order valence-electron chi connectivity index (χ1n) is 36.1. The molecular weight excluding hydrogens is 1610 g/mol. The number of carbonyl (C=O) groups excluding carboxylic acids is 1. The molecule has 13 aromatic rings. The average Bonchev–Trinajstić information content (AvgIpc) is 1.77. The van der Waals surface area contributed by atoms with Gasteiger partial charge in [0.15, 0.2) is 0 Å². The summed E-state index contributed by atoms with van der Waals surface area (Å²) in [7, 11) is 4.70. The van der Waals surface area contributed by atoms with Gasteiger partial charge in [-0.15, -0.1) is 13.2 Å². The van der Waals surface area contributed by atoms with Gasteiger partial charge < -0.3 is 47.7 Å². The molecule has 0 spiro atoms. The van der Waals surface area contributed by atoms with E-state index in [2.05, 4.69) is 73.1 Å². The Morgan fingerprint density at radius 2 is 0.847 bits per heavy atom. The van der Waals surface area contributed by atoms with Crippen LogP contribution < -0.4 is 23.7 Å². The summed E-state index contributed by atoms with van der Waals surface area (Å²) in [5.74, 6) is 1.03. The number of aromatic amines is 2. The third-order valence-corrected chi connectivity index (χ3v) is 18.4. The number of nitro groups is 1. The van der Waals surface area contributed by atoms with E-state index in [-0.39, 0.29) is 63.7 Å². The van der Waals surface area contributed by atoms with Crippen molar-refractivity contribution in [2.45, 2.75) is 108 Å². The number of nitrogens with one attached hydrogen (secondary N) is 2. The number of hydrogen-bond donors (Lipinski definition) is 3. The van der Waals surface area contributed by atoms with Crippen LogP contribution in [-0.4, -0.2) is 94.2 Å². The summed E-state index contributed by atoms with van der Waals surface area (Å²) in [4.78, 5) is 54.6. The number of aliphatic hydroxyl groups is 1. The number of H-pyrrole nitrogens is 2. The summed E-state index contributed by atoms with van der Waals surface area (Å²) in [6, 6.07) is 51.8. The van der Waals surface area contributed by atoms with Gasteiger partial charge in [-0.1, -0.05) is 210 Å². The van der Waals surface area contributed by atoms with Crippen LogP contribution in [0.25, 0.3) is 31.5 Å². The second-order valence-electron chi connectivity index (χ2n) is 24.9. The minimum atomic E-state index is -0.589. The summed E-state index contributed by atoms with van der Waals surface area (Å²) in [6.07, 6.45) is 3.38. The van der Waals surface area contributed by atoms with Crippen molar-refractivity contribution >= 4 is 103 Å². The molecule has 5 aromatic carbocycles. The second kappa shape index (κ2) is 48.4. The maximum atomic E-state index is 11.4. The number of aromatic nitrogens is 10. The van der Waals surface area contributed by atoms with E-state index in [0.29, 0.717) is 113 Å². The van der Waals surface area contributed by atoms with Gasteiger partial charge in [-0.3, -0.25) is 20.3 Å². The topological polar surface area (TPSA) is 307 Å². The molecule has 13 rings (SSSR count). The van der Waals surface area contributed by atoms with Gasteiger partial charge in [0.2, 0.25) is 23.5 Å². The highest BCUT2D eigenvalue weighted by atomic mass is 35.5. The van der Waals surface area contributed by atoms with E-state index >= 15 is 0 Å². The molecule has 0 bridgehead atoms. The fourth-order valence-electron chi connectivity index (χ4n) is 10.9. The Kier molecular flexibility index (Phi) is 38.1. The standard InChI is InChI=1S/C16H15ClN2O2.C15H15ClN2O4.C15H16ClNO2.C15H12N4O.C15H15N3O2.C9H9Cl2NO2.C2H4/c1-11-13(10-20-3)14(17)15(18-2)16(19-11)21-9-12-7-5-4-6-8-12;1-10-12(9-21-2)13(16)14(18(19)20)15(17-10)22-8-11-6-4-3-5-7-11;1-11-13(10-18-2)14(16)8-15(17-11)19-9-12-6-4-3-5-7-12;1-10-12-8-17-19-13(12)14(16-2)15(18-10)20-9-11-6-4-3-5-7-11;1-10-12-7-16-18-14(12)13(8-19)15(17-10)20-9-11-5-3-2-4-6-11;1-3-14-9(13)8-5(2)12-7(11)4-6(8)10;1-2/h4-8H,9-10H2,1,3H3;3-7H,8-9H2,1-2H3;3-8H,9-10H2,1-2H3;3-8H,9H2,1H3,(H,17,19);2-7,19H,8-9H2,1H3,(H,16,18);4H,3H2,1-2H3;1-2H2. The van der Waals surface area contributed by atoms with E-state index in [9.17, 15) is 20.0 Å². The molecule has 0 aliphatic rings. The quantitative estimate of drug-likeness (QED) is 0.0120. The fourth-order valence-corrected chi connectivity index (χ4v) is 12.4. The molecule has 0 atom stereocenters. The summed E-state index contributed by atoms with van der Waals surface area (Å²) in [5, 5.41) is 37.8. The Bertz CT molecular complexity index is 5470. The van der Waals surface area contributed by atoms with Crippen LogP contribution >= 0.6 is 58.0 Å². The van der Waals surface area contributed by atoms with Crippen molar-refractivity contribution in [3.8, 4) is 29.4 Å². The first-order valence-corrected chi connectivity index (χ1v) is 38.0. The Morgan fingerprint density at radius 3 is 1.27 bits per heavy atom. The maximum Gasteiger partial charge on any atom is 0.349 e. The number of aryl methyl sites for hydroxylation is 6. The lowest BCUT2D eigenvalue weighted by Crippen LogP contribution is -2.08. The third kappa shape index (κ3) is 26.7. The second-order valence-corrected chi connectivity index (χ2v) is 26.8. The van der Waals surface area contributed by atoms with Gasteiger partial charge in [0.25, 0.3) is 17.3 Å². The van der Waals surface area contributed by atoms with Crippen LogP contribution in [0.3, 0.4) is 0 Å². The summed E-state index contributed by atoms with van der Waals surface area (Å²) in [5.41, 5.74) is 14.0. The molecule has 31 heteroatoms. The number of fused-ring (bicyclic) bond motifs is 2. The zero-order chi connectivity index (χ0) is 85.6. The zero-order valence-corrected chi connectivity index (χ0v) is 70.2. The van der Waals surface area contributed by atoms with E-state index in [4.69, 9.17) is 114 Å². The molecule has 0 unspecified atom stereocenters. The predicted octanol–water partition coefficient (Wildman–Crippen LogP) is 21.2. The minimum Gasteiger partial charge on any atom is -0.481 e. The smallest absolute Gasteiger partial charge is 0.349 e. The van der Waals surface area contributed by atoms with Crippen molar-refractivity contribution in [1.29, 1.82) is 0 Å². The van der Waals surface area contributed by atoms with Gasteiger partial charge in [-0.25, -0.2) is 44.4 Å².